The predicted molar refractivity (Wildman–Crippen MR) is 76.4 cm³/mol. The van der Waals surface area contributed by atoms with E-state index in [1.807, 2.05) is 36.0 Å². The molecule has 0 unspecified atom stereocenters. The molecule has 0 aliphatic carbocycles. The first-order chi connectivity index (χ1) is 8.68. The molecule has 1 fully saturated rings. The lowest BCUT2D eigenvalue weighted by Gasteiger charge is -2.36. The number of rotatable bonds is 3. The van der Waals surface area contributed by atoms with Gasteiger partial charge in [-0.05, 0) is 36.5 Å². The molecule has 2 rings (SSSR count). The van der Waals surface area contributed by atoms with Crippen LogP contribution in [-0.2, 0) is 9.53 Å². The van der Waals surface area contributed by atoms with Crippen molar-refractivity contribution >= 4 is 35.0 Å². The Morgan fingerprint density at radius 3 is 2.67 bits per heavy atom. The van der Waals surface area contributed by atoms with Crippen molar-refractivity contribution < 1.29 is 9.53 Å². The Morgan fingerprint density at radius 2 is 2.06 bits per heavy atom. The quantitative estimate of drug-likeness (QED) is 0.866. The van der Waals surface area contributed by atoms with E-state index in [-0.39, 0.29) is 5.97 Å². The number of nitrogens with one attached hydrogen (secondary N) is 1. The molecule has 1 heterocycles. The van der Waals surface area contributed by atoms with E-state index < -0.39 is 5.54 Å². The number of ether oxygens (including phenoxy) is 1. The van der Waals surface area contributed by atoms with Gasteiger partial charge in [0.15, 0.2) is 0 Å². The van der Waals surface area contributed by atoms with Crippen molar-refractivity contribution in [2.75, 3.05) is 23.9 Å². The molecule has 98 valence electrons. The second-order valence-electron chi connectivity index (χ2n) is 4.29. The number of hydrogen-bond acceptors (Lipinski definition) is 4. The molecule has 0 atom stereocenters. The normalized spacial score (nSPS) is 18.1. The van der Waals surface area contributed by atoms with Crippen molar-refractivity contribution in [2.45, 2.75) is 18.4 Å². The number of esters is 1. The number of anilines is 1. The van der Waals surface area contributed by atoms with Gasteiger partial charge in [-0.1, -0.05) is 23.7 Å². The van der Waals surface area contributed by atoms with Gasteiger partial charge in [0.05, 0.1) is 17.8 Å². The Bertz CT molecular complexity index is 433. The van der Waals surface area contributed by atoms with Crippen molar-refractivity contribution in [3.05, 3.63) is 29.3 Å². The number of para-hydroxylation sites is 1. The highest BCUT2D eigenvalue weighted by Gasteiger charge is 2.41. The molecule has 0 saturated carbocycles. The van der Waals surface area contributed by atoms with Crippen LogP contribution >= 0.6 is 23.4 Å². The lowest BCUT2D eigenvalue weighted by molar-refractivity contribution is -0.146. The molecule has 1 aliphatic rings. The van der Waals surface area contributed by atoms with Gasteiger partial charge in [-0.3, -0.25) is 0 Å². The number of thioether (sulfide) groups is 1. The zero-order valence-corrected chi connectivity index (χ0v) is 11.8. The van der Waals surface area contributed by atoms with Gasteiger partial charge in [0.1, 0.15) is 5.54 Å². The second-order valence-corrected chi connectivity index (χ2v) is 5.92. The van der Waals surface area contributed by atoms with Crippen molar-refractivity contribution in [1.29, 1.82) is 0 Å². The molecule has 1 N–H and O–H groups in total. The maximum Gasteiger partial charge on any atom is 0.331 e. The van der Waals surface area contributed by atoms with Crippen LogP contribution in [0.15, 0.2) is 24.3 Å². The summed E-state index contributed by atoms with van der Waals surface area (Å²) in [5, 5.41) is 3.92. The Hall–Kier alpha value is -0.870. The first kappa shape index (κ1) is 13.6. The Kier molecular flexibility index (Phi) is 4.40. The molecule has 0 aromatic heterocycles. The summed E-state index contributed by atoms with van der Waals surface area (Å²) in [5.74, 6) is 1.70. The van der Waals surface area contributed by atoms with Crippen LogP contribution in [0.2, 0.25) is 5.02 Å². The van der Waals surface area contributed by atoms with Gasteiger partial charge in [0.25, 0.3) is 0 Å². The van der Waals surface area contributed by atoms with Crippen LogP contribution in [0.3, 0.4) is 0 Å². The Labute approximate surface area is 116 Å². The van der Waals surface area contributed by atoms with Crippen LogP contribution in [0.5, 0.6) is 0 Å². The van der Waals surface area contributed by atoms with Crippen LogP contribution in [0.4, 0.5) is 5.69 Å². The molecular formula is C13H16ClNO2S. The van der Waals surface area contributed by atoms with Crippen LogP contribution in [0, 0.1) is 0 Å². The number of hydrogen-bond donors (Lipinski definition) is 1. The maximum atomic E-state index is 12.1. The van der Waals surface area contributed by atoms with Crippen molar-refractivity contribution in [3.63, 3.8) is 0 Å². The molecule has 5 heteroatoms. The van der Waals surface area contributed by atoms with Gasteiger partial charge in [-0.2, -0.15) is 11.8 Å². The maximum absolute atomic E-state index is 12.1. The summed E-state index contributed by atoms with van der Waals surface area (Å²) in [7, 11) is 1.43. The van der Waals surface area contributed by atoms with Gasteiger partial charge in [0.2, 0.25) is 0 Å². The molecule has 0 bridgehead atoms. The van der Waals surface area contributed by atoms with Crippen molar-refractivity contribution in [3.8, 4) is 0 Å². The lowest BCUT2D eigenvalue weighted by atomic mass is 9.91. The average molecular weight is 286 g/mol. The summed E-state index contributed by atoms with van der Waals surface area (Å²) in [5.41, 5.74) is 0.154. The highest BCUT2D eigenvalue weighted by molar-refractivity contribution is 7.99. The predicted octanol–water partition coefficient (Wildman–Crippen LogP) is 3.19. The summed E-state index contributed by atoms with van der Waals surface area (Å²) < 4.78 is 4.95. The van der Waals surface area contributed by atoms with Crippen LogP contribution in [0.1, 0.15) is 12.8 Å². The van der Waals surface area contributed by atoms with Gasteiger partial charge in [-0.15, -0.1) is 0 Å². The molecule has 1 aromatic carbocycles. The third-order valence-corrected chi connectivity index (χ3v) is 4.49. The fraction of sp³-hybridized carbons (Fsp3) is 0.462. The summed E-state index contributed by atoms with van der Waals surface area (Å²) in [6.45, 7) is 0. The summed E-state index contributed by atoms with van der Waals surface area (Å²) in [6, 6.07) is 7.47. The minimum atomic E-state index is -0.634. The largest absolute Gasteiger partial charge is 0.467 e. The minimum Gasteiger partial charge on any atom is -0.467 e. The summed E-state index contributed by atoms with van der Waals surface area (Å²) in [6.07, 6.45) is 1.52. The van der Waals surface area contributed by atoms with E-state index >= 15 is 0 Å². The Balaban J connectivity index is 2.25. The molecule has 3 nitrogen and oxygen atoms in total. The van der Waals surface area contributed by atoms with Crippen LogP contribution in [0.25, 0.3) is 0 Å². The smallest absolute Gasteiger partial charge is 0.331 e. The summed E-state index contributed by atoms with van der Waals surface area (Å²) in [4.78, 5) is 12.1. The van der Waals surface area contributed by atoms with Crippen molar-refractivity contribution in [1.82, 2.24) is 0 Å². The minimum absolute atomic E-state index is 0.206. The highest BCUT2D eigenvalue weighted by atomic mass is 35.5. The second kappa shape index (κ2) is 5.85. The zero-order chi connectivity index (χ0) is 13.0. The lowest BCUT2D eigenvalue weighted by Crippen LogP contribution is -2.49. The monoisotopic (exact) mass is 285 g/mol. The fourth-order valence-electron chi connectivity index (χ4n) is 2.12. The van der Waals surface area contributed by atoms with Gasteiger partial charge in [-0.25, -0.2) is 4.79 Å². The number of benzene rings is 1. The molecule has 1 aromatic rings. The number of halogens is 1. The number of carbonyl (C=O) groups is 1. The molecule has 0 spiro atoms. The molecule has 1 saturated heterocycles. The highest BCUT2D eigenvalue weighted by Crippen LogP contribution is 2.34. The number of methoxy groups -OCH3 is 1. The average Bonchev–Trinajstić information content (AvgIpc) is 2.41. The van der Waals surface area contributed by atoms with Gasteiger partial charge < -0.3 is 10.1 Å². The van der Waals surface area contributed by atoms with E-state index in [9.17, 15) is 4.79 Å². The van der Waals surface area contributed by atoms with Crippen molar-refractivity contribution in [2.24, 2.45) is 0 Å². The van der Waals surface area contributed by atoms with E-state index in [2.05, 4.69) is 5.32 Å². The van der Waals surface area contributed by atoms with Crippen LogP contribution in [-0.4, -0.2) is 30.1 Å². The Morgan fingerprint density at radius 1 is 1.39 bits per heavy atom. The molecule has 18 heavy (non-hydrogen) atoms. The van der Waals surface area contributed by atoms with E-state index in [0.717, 1.165) is 30.0 Å². The SMILES string of the molecule is COC(=O)C1(Nc2ccccc2Cl)CCSCC1. The first-order valence-electron chi connectivity index (χ1n) is 5.87. The molecular weight excluding hydrogens is 270 g/mol. The van der Waals surface area contributed by atoms with Gasteiger partial charge >= 0.3 is 5.97 Å². The third-order valence-electron chi connectivity index (χ3n) is 3.17. The first-order valence-corrected chi connectivity index (χ1v) is 7.40. The standard InChI is InChI=1S/C13H16ClNO2S/c1-17-12(16)13(6-8-18-9-7-13)15-11-5-3-2-4-10(11)14/h2-5,15H,6-9H2,1H3. The summed E-state index contributed by atoms with van der Waals surface area (Å²) >= 11 is 7.99. The molecule has 1 aliphatic heterocycles. The van der Waals surface area contributed by atoms with E-state index in [0.29, 0.717) is 5.02 Å². The van der Waals surface area contributed by atoms with E-state index in [1.165, 1.54) is 7.11 Å². The topological polar surface area (TPSA) is 38.3 Å². The third kappa shape index (κ3) is 2.75. The van der Waals surface area contributed by atoms with Crippen LogP contribution < -0.4 is 5.32 Å². The number of carbonyl (C=O) groups excluding carboxylic acids is 1. The van der Waals surface area contributed by atoms with E-state index in [1.54, 1.807) is 0 Å². The molecule has 0 radical (unpaired) electrons. The fourth-order valence-corrected chi connectivity index (χ4v) is 3.49. The molecule has 0 amide bonds. The van der Waals surface area contributed by atoms with Gasteiger partial charge in [0, 0.05) is 0 Å². The van der Waals surface area contributed by atoms with E-state index in [4.69, 9.17) is 16.3 Å². The zero-order valence-electron chi connectivity index (χ0n) is 10.2.